The molecular formula is C12H10FNO. The highest BCUT2D eigenvalue weighted by Gasteiger charge is 2.03. The minimum atomic E-state index is -0.255. The van der Waals surface area contributed by atoms with Gasteiger partial charge < -0.3 is 5.11 Å². The molecule has 76 valence electrons. The molecule has 0 atom stereocenters. The molecule has 1 aromatic carbocycles. The van der Waals surface area contributed by atoms with Crippen LogP contribution in [0.4, 0.5) is 4.39 Å². The lowest BCUT2D eigenvalue weighted by atomic mass is 10.1. The summed E-state index contributed by atoms with van der Waals surface area (Å²) in [4.78, 5) is 4.07. The van der Waals surface area contributed by atoms with Crippen molar-refractivity contribution in [2.45, 2.75) is 6.92 Å². The molecule has 1 N–H and O–H groups in total. The van der Waals surface area contributed by atoms with E-state index in [9.17, 15) is 4.39 Å². The Hall–Kier alpha value is -1.90. The molecule has 0 spiro atoms. The van der Waals surface area contributed by atoms with Gasteiger partial charge in [-0.1, -0.05) is 0 Å². The van der Waals surface area contributed by atoms with Gasteiger partial charge in [-0.15, -0.1) is 0 Å². The number of rotatable bonds is 1. The summed E-state index contributed by atoms with van der Waals surface area (Å²) in [5, 5.41) is 9.09. The average molecular weight is 203 g/mol. The second-order valence-corrected chi connectivity index (χ2v) is 3.36. The average Bonchev–Trinajstić information content (AvgIpc) is 2.20. The first-order chi connectivity index (χ1) is 7.16. The maximum atomic E-state index is 12.9. The van der Waals surface area contributed by atoms with E-state index >= 15 is 0 Å². The minimum absolute atomic E-state index is 0.124. The van der Waals surface area contributed by atoms with Crippen LogP contribution < -0.4 is 0 Å². The monoisotopic (exact) mass is 203 g/mol. The predicted octanol–water partition coefficient (Wildman–Crippen LogP) is 2.90. The van der Waals surface area contributed by atoms with Crippen LogP contribution in [0.2, 0.25) is 0 Å². The van der Waals surface area contributed by atoms with Crippen LogP contribution in [0.5, 0.6) is 5.75 Å². The van der Waals surface area contributed by atoms with E-state index in [2.05, 4.69) is 4.98 Å². The van der Waals surface area contributed by atoms with Gasteiger partial charge in [0.25, 0.3) is 0 Å². The van der Waals surface area contributed by atoms with Crippen molar-refractivity contribution in [1.29, 1.82) is 0 Å². The first-order valence-electron chi connectivity index (χ1n) is 4.58. The SMILES string of the molecule is Cc1cc(F)ccc1-c1ccc(O)cn1. The number of aromatic hydroxyl groups is 1. The molecule has 1 heterocycles. The van der Waals surface area contributed by atoms with Gasteiger partial charge in [0.05, 0.1) is 11.9 Å². The van der Waals surface area contributed by atoms with Gasteiger partial charge in [0.15, 0.2) is 0 Å². The van der Waals surface area contributed by atoms with Crippen molar-refractivity contribution in [3.63, 3.8) is 0 Å². The smallest absolute Gasteiger partial charge is 0.133 e. The first-order valence-corrected chi connectivity index (χ1v) is 4.58. The first kappa shape index (κ1) is 9.65. The molecule has 0 radical (unpaired) electrons. The van der Waals surface area contributed by atoms with Gasteiger partial charge in [-0.25, -0.2) is 4.39 Å². The lowest BCUT2D eigenvalue weighted by Gasteiger charge is -2.04. The third kappa shape index (κ3) is 1.96. The summed E-state index contributed by atoms with van der Waals surface area (Å²) < 4.78 is 12.9. The van der Waals surface area contributed by atoms with Crippen molar-refractivity contribution in [3.05, 3.63) is 47.9 Å². The Balaban J connectivity index is 2.49. The molecule has 0 fully saturated rings. The number of nitrogens with zero attached hydrogens (tertiary/aromatic N) is 1. The number of hydrogen-bond donors (Lipinski definition) is 1. The molecule has 2 nitrogen and oxygen atoms in total. The zero-order valence-corrected chi connectivity index (χ0v) is 8.24. The molecule has 0 aliphatic heterocycles. The zero-order chi connectivity index (χ0) is 10.8. The third-order valence-corrected chi connectivity index (χ3v) is 2.21. The van der Waals surface area contributed by atoms with Crippen molar-refractivity contribution in [2.75, 3.05) is 0 Å². The maximum absolute atomic E-state index is 12.9. The number of halogens is 1. The van der Waals surface area contributed by atoms with Crippen LogP contribution in [0.15, 0.2) is 36.5 Å². The Morgan fingerprint density at radius 2 is 2.00 bits per heavy atom. The molecule has 2 aromatic rings. The normalized spacial score (nSPS) is 10.3. The fraction of sp³-hybridized carbons (Fsp3) is 0.0833. The molecule has 0 saturated carbocycles. The number of aromatic nitrogens is 1. The van der Waals surface area contributed by atoms with Gasteiger partial charge in [-0.05, 0) is 42.8 Å². The summed E-state index contributed by atoms with van der Waals surface area (Å²) in [6.45, 7) is 1.83. The Kier molecular flexibility index (Phi) is 2.37. The quantitative estimate of drug-likeness (QED) is 0.773. The molecule has 0 amide bonds. The lowest BCUT2D eigenvalue weighted by molar-refractivity contribution is 0.473. The van der Waals surface area contributed by atoms with Crippen molar-refractivity contribution in [3.8, 4) is 17.0 Å². The highest BCUT2D eigenvalue weighted by molar-refractivity contribution is 5.63. The van der Waals surface area contributed by atoms with Crippen LogP contribution in [-0.4, -0.2) is 10.1 Å². The summed E-state index contributed by atoms with van der Waals surface area (Å²) in [7, 11) is 0. The third-order valence-electron chi connectivity index (χ3n) is 2.21. The van der Waals surface area contributed by atoms with Crippen LogP contribution >= 0.6 is 0 Å². The van der Waals surface area contributed by atoms with Crippen molar-refractivity contribution in [2.24, 2.45) is 0 Å². The second-order valence-electron chi connectivity index (χ2n) is 3.36. The zero-order valence-electron chi connectivity index (χ0n) is 8.24. The van der Waals surface area contributed by atoms with Crippen molar-refractivity contribution >= 4 is 0 Å². The van der Waals surface area contributed by atoms with Gasteiger partial charge >= 0.3 is 0 Å². The van der Waals surface area contributed by atoms with E-state index in [1.807, 2.05) is 6.92 Å². The van der Waals surface area contributed by atoms with Gasteiger partial charge in [0.2, 0.25) is 0 Å². The van der Waals surface area contributed by atoms with E-state index in [4.69, 9.17) is 5.11 Å². The Bertz CT molecular complexity index is 479. The standard InChI is InChI=1S/C12H10FNO/c1-8-6-9(13)2-4-11(8)12-5-3-10(15)7-14-12/h2-7,15H,1H3. The van der Waals surface area contributed by atoms with E-state index in [1.54, 1.807) is 18.2 Å². The molecule has 3 heteroatoms. The molecular weight excluding hydrogens is 193 g/mol. The summed E-state index contributed by atoms with van der Waals surface area (Å²) in [6, 6.07) is 7.81. The molecule has 0 aliphatic carbocycles. The van der Waals surface area contributed by atoms with Crippen molar-refractivity contribution < 1.29 is 9.50 Å². The number of benzene rings is 1. The van der Waals surface area contributed by atoms with Crippen LogP contribution in [-0.2, 0) is 0 Å². The summed E-state index contributed by atoms with van der Waals surface area (Å²) in [5.74, 6) is -0.131. The Morgan fingerprint density at radius 3 is 2.60 bits per heavy atom. The lowest BCUT2D eigenvalue weighted by Crippen LogP contribution is -1.87. The van der Waals surface area contributed by atoms with E-state index in [0.29, 0.717) is 0 Å². The van der Waals surface area contributed by atoms with Gasteiger partial charge in [0, 0.05) is 5.56 Å². The van der Waals surface area contributed by atoms with Gasteiger partial charge in [-0.2, -0.15) is 0 Å². The molecule has 0 saturated heterocycles. The van der Waals surface area contributed by atoms with E-state index in [-0.39, 0.29) is 11.6 Å². The number of aryl methyl sites for hydroxylation is 1. The topological polar surface area (TPSA) is 33.1 Å². The highest BCUT2D eigenvalue weighted by Crippen LogP contribution is 2.23. The van der Waals surface area contributed by atoms with Gasteiger partial charge in [0.1, 0.15) is 11.6 Å². The van der Waals surface area contributed by atoms with E-state index in [0.717, 1.165) is 16.8 Å². The van der Waals surface area contributed by atoms with E-state index < -0.39 is 0 Å². The predicted molar refractivity (Wildman–Crippen MR) is 56.0 cm³/mol. The largest absolute Gasteiger partial charge is 0.506 e. The maximum Gasteiger partial charge on any atom is 0.133 e. The molecule has 15 heavy (non-hydrogen) atoms. The highest BCUT2D eigenvalue weighted by atomic mass is 19.1. The van der Waals surface area contributed by atoms with Crippen molar-refractivity contribution in [1.82, 2.24) is 4.98 Å². The van der Waals surface area contributed by atoms with Crippen LogP contribution in [0.3, 0.4) is 0 Å². The molecule has 0 unspecified atom stereocenters. The van der Waals surface area contributed by atoms with Gasteiger partial charge in [-0.3, -0.25) is 4.98 Å². The van der Waals surface area contributed by atoms with Crippen LogP contribution in [0.25, 0.3) is 11.3 Å². The summed E-state index contributed by atoms with van der Waals surface area (Å²) in [6.07, 6.45) is 1.37. The Morgan fingerprint density at radius 1 is 1.20 bits per heavy atom. The van der Waals surface area contributed by atoms with Crippen LogP contribution in [0, 0.1) is 12.7 Å². The number of pyridine rings is 1. The molecule has 0 bridgehead atoms. The minimum Gasteiger partial charge on any atom is -0.506 e. The molecule has 2 rings (SSSR count). The van der Waals surface area contributed by atoms with Crippen LogP contribution in [0.1, 0.15) is 5.56 Å². The second kappa shape index (κ2) is 3.69. The number of hydrogen-bond acceptors (Lipinski definition) is 2. The fourth-order valence-corrected chi connectivity index (χ4v) is 1.46. The fourth-order valence-electron chi connectivity index (χ4n) is 1.46. The Labute approximate surface area is 87.0 Å². The summed E-state index contributed by atoms with van der Waals surface area (Å²) >= 11 is 0. The molecule has 1 aromatic heterocycles. The van der Waals surface area contributed by atoms with E-state index in [1.165, 1.54) is 18.3 Å². The molecule has 0 aliphatic rings. The summed E-state index contributed by atoms with van der Waals surface area (Å²) in [5.41, 5.74) is 2.43.